The van der Waals surface area contributed by atoms with Crippen LogP contribution in [-0.4, -0.2) is 33.5 Å². The van der Waals surface area contributed by atoms with Gasteiger partial charge in [0.2, 0.25) is 5.91 Å². The molecule has 0 bridgehead atoms. The summed E-state index contributed by atoms with van der Waals surface area (Å²) in [5.41, 5.74) is 2.41. The fraction of sp³-hybridized carbons (Fsp3) is 0.435. The normalized spacial score (nSPS) is 17.5. The highest BCUT2D eigenvalue weighted by molar-refractivity contribution is 7.99. The first-order valence-electron chi connectivity index (χ1n) is 10.5. The van der Waals surface area contributed by atoms with Gasteiger partial charge >= 0.3 is 0 Å². The predicted molar refractivity (Wildman–Crippen MR) is 116 cm³/mol. The van der Waals surface area contributed by atoms with E-state index in [2.05, 4.69) is 10.3 Å². The van der Waals surface area contributed by atoms with Gasteiger partial charge < -0.3 is 10.2 Å². The molecule has 1 aromatic heterocycles. The third-order valence-corrected chi connectivity index (χ3v) is 6.93. The summed E-state index contributed by atoms with van der Waals surface area (Å²) in [5, 5.41) is 4.39. The quantitative estimate of drug-likeness (QED) is 0.738. The molecule has 6 heteroatoms. The highest BCUT2D eigenvalue weighted by Gasteiger charge is 2.21. The molecule has 5 nitrogen and oxygen atoms in total. The zero-order valence-corrected chi connectivity index (χ0v) is 17.4. The minimum atomic E-state index is -0.134. The van der Waals surface area contributed by atoms with Crippen LogP contribution in [0.2, 0.25) is 0 Å². The maximum atomic E-state index is 12.9. The van der Waals surface area contributed by atoms with Crippen LogP contribution >= 0.6 is 11.8 Å². The van der Waals surface area contributed by atoms with Crippen LogP contribution < -0.4 is 5.32 Å². The first kappa shape index (κ1) is 20.0. The van der Waals surface area contributed by atoms with E-state index in [1.807, 2.05) is 41.3 Å². The summed E-state index contributed by atoms with van der Waals surface area (Å²) in [4.78, 5) is 31.4. The summed E-state index contributed by atoms with van der Waals surface area (Å²) in [5.74, 6) is 0.0828. The smallest absolute Gasteiger partial charge is 0.258 e. The van der Waals surface area contributed by atoms with Crippen molar-refractivity contribution in [2.45, 2.75) is 61.8 Å². The lowest BCUT2D eigenvalue weighted by molar-refractivity contribution is -0.133. The number of piperidine rings is 1. The van der Waals surface area contributed by atoms with Crippen molar-refractivity contribution in [3.05, 3.63) is 53.7 Å². The van der Waals surface area contributed by atoms with E-state index in [9.17, 15) is 9.59 Å². The number of likely N-dealkylation sites (tertiary alicyclic amines) is 1. The number of hydrogen-bond acceptors (Lipinski definition) is 4. The van der Waals surface area contributed by atoms with Gasteiger partial charge in [-0.05, 0) is 55.5 Å². The Morgan fingerprint density at radius 1 is 1.14 bits per heavy atom. The molecule has 2 fully saturated rings. The lowest BCUT2D eigenvalue weighted by Crippen LogP contribution is -2.34. The Hall–Kier alpha value is -2.34. The summed E-state index contributed by atoms with van der Waals surface area (Å²) in [6.07, 6.45) is 9.35. The van der Waals surface area contributed by atoms with E-state index in [0.29, 0.717) is 23.8 Å². The van der Waals surface area contributed by atoms with Crippen molar-refractivity contribution >= 4 is 29.3 Å². The molecule has 4 rings (SSSR count). The second kappa shape index (κ2) is 9.44. The van der Waals surface area contributed by atoms with E-state index in [1.165, 1.54) is 25.7 Å². The largest absolute Gasteiger partial charge is 0.338 e. The van der Waals surface area contributed by atoms with E-state index in [0.717, 1.165) is 35.7 Å². The molecule has 152 valence electrons. The van der Waals surface area contributed by atoms with Gasteiger partial charge in [-0.2, -0.15) is 0 Å². The average Bonchev–Trinajstić information content (AvgIpc) is 3.23. The number of thioether (sulfide) groups is 1. The second-order valence-corrected chi connectivity index (χ2v) is 9.10. The molecule has 1 aliphatic heterocycles. The molecule has 29 heavy (non-hydrogen) atoms. The van der Waals surface area contributed by atoms with Gasteiger partial charge in [-0.3, -0.25) is 9.59 Å². The van der Waals surface area contributed by atoms with Crippen LogP contribution in [-0.2, 0) is 11.3 Å². The van der Waals surface area contributed by atoms with Crippen molar-refractivity contribution < 1.29 is 9.59 Å². The number of aromatic nitrogens is 1. The summed E-state index contributed by atoms with van der Waals surface area (Å²) in [6, 6.07) is 11.4. The Labute approximate surface area is 176 Å². The molecule has 1 aromatic carbocycles. The first-order valence-corrected chi connectivity index (χ1v) is 11.4. The number of amides is 2. The molecule has 2 aliphatic rings. The lowest BCUT2D eigenvalue weighted by Gasteiger charge is -2.26. The summed E-state index contributed by atoms with van der Waals surface area (Å²) in [7, 11) is 0. The molecule has 2 aromatic rings. The predicted octanol–water partition coefficient (Wildman–Crippen LogP) is 4.88. The third kappa shape index (κ3) is 5.18. The van der Waals surface area contributed by atoms with E-state index < -0.39 is 0 Å². The van der Waals surface area contributed by atoms with Gasteiger partial charge in [-0.15, -0.1) is 11.8 Å². The molecule has 1 N–H and O–H groups in total. The Morgan fingerprint density at radius 2 is 2.00 bits per heavy atom. The number of nitrogens with one attached hydrogen (secondary N) is 1. The number of pyridine rings is 1. The van der Waals surface area contributed by atoms with Crippen molar-refractivity contribution in [2.24, 2.45) is 0 Å². The average molecular weight is 410 g/mol. The fourth-order valence-corrected chi connectivity index (χ4v) is 5.31. The molecule has 0 unspecified atom stereocenters. The number of carbonyl (C=O) groups is 2. The molecule has 0 spiro atoms. The SMILES string of the molecule is O=C(Nc1cccc(CN2CCCCC2=O)c1)c1cccnc1SC1CCCC1. The molecule has 2 amide bonds. The van der Waals surface area contributed by atoms with Crippen LogP contribution in [0, 0.1) is 0 Å². The molecule has 0 atom stereocenters. The molecular weight excluding hydrogens is 382 g/mol. The number of rotatable bonds is 6. The van der Waals surface area contributed by atoms with Crippen molar-refractivity contribution in [2.75, 3.05) is 11.9 Å². The van der Waals surface area contributed by atoms with Gasteiger partial charge in [-0.1, -0.05) is 25.0 Å². The number of benzene rings is 1. The minimum absolute atomic E-state index is 0.134. The zero-order valence-electron chi connectivity index (χ0n) is 16.6. The molecule has 1 aliphatic carbocycles. The molecule has 2 heterocycles. The summed E-state index contributed by atoms with van der Waals surface area (Å²) >= 11 is 1.73. The third-order valence-electron chi connectivity index (χ3n) is 5.58. The Morgan fingerprint density at radius 3 is 2.83 bits per heavy atom. The summed E-state index contributed by atoms with van der Waals surface area (Å²) < 4.78 is 0. The van der Waals surface area contributed by atoms with E-state index in [-0.39, 0.29) is 11.8 Å². The van der Waals surface area contributed by atoms with E-state index >= 15 is 0 Å². The standard InChI is InChI=1S/C23H27N3O2S/c27-21-12-3-4-14-26(21)16-17-7-5-8-18(15-17)25-22(28)20-11-6-13-24-23(20)29-19-9-1-2-10-19/h5-8,11,13,15,19H,1-4,9-10,12,14,16H2,(H,25,28). The van der Waals surface area contributed by atoms with E-state index in [1.54, 1.807) is 18.0 Å². The lowest BCUT2D eigenvalue weighted by atomic mass is 10.1. The van der Waals surface area contributed by atoms with Crippen LogP contribution in [0.15, 0.2) is 47.6 Å². The van der Waals surface area contributed by atoms with Crippen molar-refractivity contribution in [1.29, 1.82) is 0 Å². The van der Waals surface area contributed by atoms with Crippen molar-refractivity contribution in [1.82, 2.24) is 9.88 Å². The van der Waals surface area contributed by atoms with Crippen LogP contribution in [0.3, 0.4) is 0 Å². The molecule has 0 radical (unpaired) electrons. The monoisotopic (exact) mass is 409 g/mol. The molecule has 1 saturated carbocycles. The summed E-state index contributed by atoms with van der Waals surface area (Å²) in [6.45, 7) is 1.41. The number of nitrogens with zero attached hydrogens (tertiary/aromatic N) is 2. The van der Waals surface area contributed by atoms with Gasteiger partial charge in [0, 0.05) is 36.6 Å². The number of anilines is 1. The number of carbonyl (C=O) groups excluding carboxylic acids is 2. The van der Waals surface area contributed by atoms with Gasteiger partial charge in [0.1, 0.15) is 5.03 Å². The van der Waals surface area contributed by atoms with Crippen molar-refractivity contribution in [3.8, 4) is 0 Å². The van der Waals surface area contributed by atoms with Crippen LogP contribution in [0.25, 0.3) is 0 Å². The van der Waals surface area contributed by atoms with Crippen molar-refractivity contribution in [3.63, 3.8) is 0 Å². The van der Waals surface area contributed by atoms with Gasteiger partial charge in [0.25, 0.3) is 5.91 Å². The van der Waals surface area contributed by atoms with Gasteiger partial charge in [0.15, 0.2) is 0 Å². The topological polar surface area (TPSA) is 62.3 Å². The van der Waals surface area contributed by atoms with E-state index in [4.69, 9.17) is 0 Å². The van der Waals surface area contributed by atoms with Crippen LogP contribution in [0.5, 0.6) is 0 Å². The second-order valence-electron chi connectivity index (χ2n) is 7.81. The Balaban J connectivity index is 1.44. The molecule has 1 saturated heterocycles. The fourth-order valence-electron chi connectivity index (χ4n) is 4.02. The van der Waals surface area contributed by atoms with Crippen LogP contribution in [0.4, 0.5) is 5.69 Å². The Kier molecular flexibility index (Phi) is 6.49. The first-order chi connectivity index (χ1) is 14.2. The van der Waals surface area contributed by atoms with Crippen LogP contribution in [0.1, 0.15) is 60.9 Å². The minimum Gasteiger partial charge on any atom is -0.338 e. The molecular formula is C23H27N3O2S. The van der Waals surface area contributed by atoms with Gasteiger partial charge in [0.05, 0.1) is 5.56 Å². The number of hydrogen-bond donors (Lipinski definition) is 1. The maximum Gasteiger partial charge on any atom is 0.258 e. The highest BCUT2D eigenvalue weighted by Crippen LogP contribution is 2.35. The van der Waals surface area contributed by atoms with Gasteiger partial charge in [-0.25, -0.2) is 4.98 Å². The zero-order chi connectivity index (χ0) is 20.1. The maximum absolute atomic E-state index is 12.9. The Bertz CT molecular complexity index is 880. The highest BCUT2D eigenvalue weighted by atomic mass is 32.2.